The maximum absolute atomic E-state index is 12.1. The highest BCUT2D eigenvalue weighted by molar-refractivity contribution is 7.14. The Hall–Kier alpha value is -1.36. The van der Waals surface area contributed by atoms with Crippen LogP contribution in [0.4, 0.5) is 0 Å². The lowest BCUT2D eigenvalue weighted by molar-refractivity contribution is -0.124. The standard InChI is InChI=1S/C17H25NO3S/c1-4-12-5-6-14-13(7-12)8-15(22-14)17(20)21-10-16(19)18-9-11(2)3/h8,11-12H,4-7,9-10H2,1-3H3,(H,18,19). The van der Waals surface area contributed by atoms with Gasteiger partial charge in [0.25, 0.3) is 5.91 Å². The second kappa shape index (κ2) is 7.77. The van der Waals surface area contributed by atoms with E-state index in [1.807, 2.05) is 19.9 Å². The van der Waals surface area contributed by atoms with E-state index in [9.17, 15) is 9.59 Å². The van der Waals surface area contributed by atoms with E-state index in [0.717, 1.165) is 18.8 Å². The van der Waals surface area contributed by atoms with Crippen LogP contribution in [0.15, 0.2) is 6.07 Å². The molecule has 1 unspecified atom stereocenters. The van der Waals surface area contributed by atoms with E-state index in [2.05, 4.69) is 12.2 Å². The molecule has 0 spiro atoms. The fraction of sp³-hybridized carbons (Fsp3) is 0.647. The van der Waals surface area contributed by atoms with Crippen LogP contribution in [0.3, 0.4) is 0 Å². The fourth-order valence-electron chi connectivity index (χ4n) is 2.62. The Morgan fingerprint density at radius 2 is 2.23 bits per heavy atom. The van der Waals surface area contributed by atoms with E-state index < -0.39 is 0 Å². The largest absolute Gasteiger partial charge is 0.451 e. The summed E-state index contributed by atoms with van der Waals surface area (Å²) < 4.78 is 5.11. The number of fused-ring (bicyclic) bond motifs is 1. The van der Waals surface area contributed by atoms with Gasteiger partial charge in [-0.25, -0.2) is 4.79 Å². The fourth-order valence-corrected chi connectivity index (χ4v) is 3.72. The first-order valence-corrected chi connectivity index (χ1v) is 8.86. The lowest BCUT2D eigenvalue weighted by Crippen LogP contribution is -2.31. The van der Waals surface area contributed by atoms with Gasteiger partial charge in [-0.05, 0) is 42.7 Å². The molecule has 0 saturated carbocycles. The third-order valence-corrected chi connectivity index (χ3v) is 5.22. The Balaban J connectivity index is 1.86. The molecule has 0 saturated heterocycles. The van der Waals surface area contributed by atoms with Gasteiger partial charge in [-0.3, -0.25) is 4.79 Å². The second-order valence-electron chi connectivity index (χ2n) is 6.35. The number of ether oxygens (including phenoxy) is 1. The molecule has 1 aromatic rings. The van der Waals surface area contributed by atoms with Gasteiger partial charge in [-0.15, -0.1) is 11.3 Å². The van der Waals surface area contributed by atoms with Crippen molar-refractivity contribution in [1.82, 2.24) is 5.32 Å². The van der Waals surface area contributed by atoms with Crippen LogP contribution in [0.5, 0.6) is 0 Å². The van der Waals surface area contributed by atoms with Crippen LogP contribution in [0.25, 0.3) is 0 Å². The maximum atomic E-state index is 12.1. The zero-order valence-electron chi connectivity index (χ0n) is 13.6. The molecule has 2 rings (SSSR count). The van der Waals surface area contributed by atoms with Gasteiger partial charge in [0.15, 0.2) is 6.61 Å². The molecule has 0 aromatic carbocycles. The maximum Gasteiger partial charge on any atom is 0.348 e. The van der Waals surface area contributed by atoms with Crippen molar-refractivity contribution in [1.29, 1.82) is 0 Å². The summed E-state index contributed by atoms with van der Waals surface area (Å²) in [5, 5.41) is 2.74. The number of hydrogen-bond donors (Lipinski definition) is 1. The van der Waals surface area contributed by atoms with Crippen molar-refractivity contribution in [3.05, 3.63) is 21.4 Å². The lowest BCUT2D eigenvalue weighted by Gasteiger charge is -2.19. The van der Waals surface area contributed by atoms with Crippen molar-refractivity contribution in [2.75, 3.05) is 13.2 Å². The molecule has 0 radical (unpaired) electrons. The Labute approximate surface area is 136 Å². The number of hydrogen-bond acceptors (Lipinski definition) is 4. The molecule has 22 heavy (non-hydrogen) atoms. The summed E-state index contributed by atoms with van der Waals surface area (Å²) >= 11 is 1.52. The van der Waals surface area contributed by atoms with Gasteiger partial charge in [0.05, 0.1) is 0 Å². The Morgan fingerprint density at radius 3 is 2.91 bits per heavy atom. The molecule has 0 bridgehead atoms. The number of carbonyl (C=O) groups is 2. The number of rotatable bonds is 6. The predicted octanol–water partition coefficient (Wildman–Crippen LogP) is 3.19. The molecule has 1 aromatic heterocycles. The average molecular weight is 323 g/mol. The normalized spacial score (nSPS) is 17.2. The quantitative estimate of drug-likeness (QED) is 0.818. The summed E-state index contributed by atoms with van der Waals surface area (Å²) in [4.78, 5) is 25.6. The SMILES string of the molecule is CCC1CCc2sc(C(=O)OCC(=O)NCC(C)C)cc2C1. The van der Waals surface area contributed by atoms with Crippen molar-refractivity contribution >= 4 is 23.2 Å². The monoisotopic (exact) mass is 323 g/mol. The Morgan fingerprint density at radius 1 is 1.45 bits per heavy atom. The first-order chi connectivity index (χ1) is 10.5. The summed E-state index contributed by atoms with van der Waals surface area (Å²) in [6.45, 7) is 6.65. The predicted molar refractivity (Wildman–Crippen MR) is 88.3 cm³/mol. The summed E-state index contributed by atoms with van der Waals surface area (Å²) in [6.07, 6.45) is 4.51. The van der Waals surface area contributed by atoms with Crippen LogP contribution in [-0.2, 0) is 22.4 Å². The minimum Gasteiger partial charge on any atom is -0.451 e. The molecule has 122 valence electrons. The second-order valence-corrected chi connectivity index (χ2v) is 7.49. The highest BCUT2D eigenvalue weighted by Gasteiger charge is 2.22. The number of carbonyl (C=O) groups excluding carboxylic acids is 2. The summed E-state index contributed by atoms with van der Waals surface area (Å²) in [7, 11) is 0. The first kappa shape index (κ1) is 17.0. The van der Waals surface area contributed by atoms with Crippen molar-refractivity contribution < 1.29 is 14.3 Å². The summed E-state index contributed by atoms with van der Waals surface area (Å²) in [6, 6.07) is 1.95. The molecule has 4 nitrogen and oxygen atoms in total. The van der Waals surface area contributed by atoms with Gasteiger partial charge >= 0.3 is 5.97 Å². The van der Waals surface area contributed by atoms with Crippen molar-refractivity contribution in [3.63, 3.8) is 0 Å². The molecular formula is C17H25NO3S. The van der Waals surface area contributed by atoms with E-state index in [-0.39, 0.29) is 18.5 Å². The van der Waals surface area contributed by atoms with Crippen molar-refractivity contribution in [3.8, 4) is 0 Å². The van der Waals surface area contributed by atoms with Gasteiger partial charge in [0.1, 0.15) is 4.88 Å². The molecule has 1 aliphatic rings. The smallest absolute Gasteiger partial charge is 0.348 e. The Kier molecular flexibility index (Phi) is 6.00. The van der Waals surface area contributed by atoms with Gasteiger partial charge in [0.2, 0.25) is 0 Å². The molecule has 1 amide bonds. The zero-order chi connectivity index (χ0) is 16.1. The van der Waals surface area contributed by atoms with E-state index in [1.54, 1.807) is 0 Å². The molecular weight excluding hydrogens is 298 g/mol. The highest BCUT2D eigenvalue weighted by atomic mass is 32.1. The molecule has 0 aliphatic heterocycles. The van der Waals surface area contributed by atoms with Gasteiger partial charge in [-0.2, -0.15) is 0 Å². The lowest BCUT2D eigenvalue weighted by atomic mass is 9.87. The molecule has 1 atom stereocenters. The molecule has 5 heteroatoms. The van der Waals surface area contributed by atoms with Gasteiger partial charge < -0.3 is 10.1 Å². The van der Waals surface area contributed by atoms with Crippen molar-refractivity contribution in [2.24, 2.45) is 11.8 Å². The molecule has 0 fully saturated rings. The number of aryl methyl sites for hydroxylation is 1. The summed E-state index contributed by atoms with van der Waals surface area (Å²) in [5.74, 6) is 0.490. The minimum absolute atomic E-state index is 0.203. The van der Waals surface area contributed by atoms with Crippen LogP contribution >= 0.6 is 11.3 Å². The van der Waals surface area contributed by atoms with Crippen LogP contribution < -0.4 is 5.32 Å². The summed E-state index contributed by atoms with van der Waals surface area (Å²) in [5.41, 5.74) is 1.29. The zero-order valence-corrected chi connectivity index (χ0v) is 14.4. The number of esters is 1. The average Bonchev–Trinajstić information content (AvgIpc) is 2.93. The number of amides is 1. The topological polar surface area (TPSA) is 55.4 Å². The van der Waals surface area contributed by atoms with Crippen LogP contribution in [0, 0.1) is 11.8 Å². The van der Waals surface area contributed by atoms with Gasteiger partial charge in [-0.1, -0.05) is 27.2 Å². The Bertz CT molecular complexity index is 536. The highest BCUT2D eigenvalue weighted by Crippen LogP contribution is 2.33. The van der Waals surface area contributed by atoms with Crippen molar-refractivity contribution in [2.45, 2.75) is 46.5 Å². The van der Waals surface area contributed by atoms with Crippen LogP contribution in [-0.4, -0.2) is 25.0 Å². The minimum atomic E-state index is -0.382. The number of thiophene rings is 1. The van der Waals surface area contributed by atoms with E-state index >= 15 is 0 Å². The van der Waals surface area contributed by atoms with Crippen LogP contribution in [0.2, 0.25) is 0 Å². The van der Waals surface area contributed by atoms with Gasteiger partial charge in [0, 0.05) is 11.4 Å². The van der Waals surface area contributed by atoms with E-state index in [1.165, 1.54) is 34.6 Å². The third-order valence-electron chi connectivity index (χ3n) is 4.01. The third kappa shape index (κ3) is 4.57. The van der Waals surface area contributed by atoms with E-state index in [4.69, 9.17) is 4.74 Å². The molecule has 1 heterocycles. The first-order valence-electron chi connectivity index (χ1n) is 8.05. The molecule has 1 N–H and O–H groups in total. The van der Waals surface area contributed by atoms with E-state index in [0.29, 0.717) is 17.3 Å². The number of nitrogens with one attached hydrogen (secondary N) is 1. The molecule has 1 aliphatic carbocycles. The van der Waals surface area contributed by atoms with Crippen LogP contribution in [0.1, 0.15) is 53.7 Å².